The highest BCUT2D eigenvalue weighted by Crippen LogP contribution is 2.42. The Hall–Kier alpha value is -3.47. The number of anilines is 3. The average Bonchev–Trinajstić information content (AvgIpc) is 2.81. The number of benzene rings is 3. The molecule has 0 aromatic heterocycles. The minimum Gasteiger partial charge on any atom is -0.478 e. The number of carboxylic acids is 1. The molecule has 0 bridgehead atoms. The second-order valence-corrected chi connectivity index (χ2v) is 7.78. The second-order valence-electron chi connectivity index (χ2n) is 7.78. The third kappa shape index (κ3) is 6.27. The zero-order valence-corrected chi connectivity index (χ0v) is 18.9. The van der Waals surface area contributed by atoms with Gasteiger partial charge in [-0.1, -0.05) is 63.1 Å². The summed E-state index contributed by atoms with van der Waals surface area (Å²) in [6.07, 6.45) is 4.16. The molecule has 0 saturated carbocycles. The summed E-state index contributed by atoms with van der Waals surface area (Å²) >= 11 is 0. The van der Waals surface area contributed by atoms with Crippen molar-refractivity contribution in [3.05, 3.63) is 78.4 Å². The molecule has 0 aliphatic carbocycles. The molecule has 0 unspecified atom stereocenters. The molecular formula is C27H32N2O3. The molecule has 2 N–H and O–H groups in total. The lowest BCUT2D eigenvalue weighted by Gasteiger charge is -2.29. The standard InChI is InChI=1S/C27H32N2O3/c1-3-5-17-29(18-6-4-2)25-20-21(27(30)31)19-24(28-22-13-9-7-10-14-22)26(25)32-23-15-11-8-12-16-23/h7-16,19-20,28H,3-6,17-18H2,1-2H3,(H,30,31). The average molecular weight is 433 g/mol. The van der Waals surface area contributed by atoms with Crippen molar-refractivity contribution in [2.24, 2.45) is 0 Å². The van der Waals surface area contributed by atoms with Gasteiger partial charge in [-0.25, -0.2) is 4.79 Å². The van der Waals surface area contributed by atoms with E-state index in [1.165, 1.54) is 0 Å². The van der Waals surface area contributed by atoms with Gasteiger partial charge in [-0.2, -0.15) is 0 Å². The van der Waals surface area contributed by atoms with Crippen LogP contribution >= 0.6 is 0 Å². The van der Waals surface area contributed by atoms with Crippen molar-refractivity contribution in [2.45, 2.75) is 39.5 Å². The SMILES string of the molecule is CCCCN(CCCC)c1cc(C(=O)O)cc(Nc2ccccc2)c1Oc1ccccc1. The molecule has 0 fully saturated rings. The van der Waals surface area contributed by atoms with Crippen molar-refractivity contribution < 1.29 is 14.6 Å². The van der Waals surface area contributed by atoms with Crippen molar-refractivity contribution in [3.63, 3.8) is 0 Å². The predicted molar refractivity (Wildman–Crippen MR) is 132 cm³/mol. The van der Waals surface area contributed by atoms with Crippen LogP contribution in [0, 0.1) is 0 Å². The van der Waals surface area contributed by atoms with E-state index in [1.54, 1.807) is 12.1 Å². The monoisotopic (exact) mass is 432 g/mol. The molecule has 5 nitrogen and oxygen atoms in total. The number of ether oxygens (including phenoxy) is 1. The number of carboxylic acid groups (broad SMARTS) is 1. The van der Waals surface area contributed by atoms with E-state index < -0.39 is 5.97 Å². The van der Waals surface area contributed by atoms with Gasteiger partial charge in [0.25, 0.3) is 0 Å². The third-order valence-corrected chi connectivity index (χ3v) is 5.24. The van der Waals surface area contributed by atoms with Crippen molar-refractivity contribution in [1.29, 1.82) is 0 Å². The number of hydrogen-bond donors (Lipinski definition) is 2. The van der Waals surface area contributed by atoms with Gasteiger partial charge in [-0.3, -0.25) is 0 Å². The Morgan fingerprint density at radius 2 is 1.50 bits per heavy atom. The van der Waals surface area contributed by atoms with Gasteiger partial charge in [0, 0.05) is 18.8 Å². The number of nitrogens with one attached hydrogen (secondary N) is 1. The van der Waals surface area contributed by atoms with E-state index in [4.69, 9.17) is 4.74 Å². The number of rotatable bonds is 12. The Kier molecular flexibility index (Phi) is 8.55. The minimum absolute atomic E-state index is 0.233. The smallest absolute Gasteiger partial charge is 0.335 e. The number of unbranched alkanes of at least 4 members (excludes halogenated alkanes) is 2. The molecular weight excluding hydrogens is 400 g/mol. The number of aromatic carboxylic acids is 1. The van der Waals surface area contributed by atoms with Crippen LogP contribution < -0.4 is 15.0 Å². The minimum atomic E-state index is -0.959. The van der Waals surface area contributed by atoms with Gasteiger partial charge in [0.15, 0.2) is 5.75 Å². The second kappa shape index (κ2) is 11.8. The molecule has 0 heterocycles. The Morgan fingerprint density at radius 3 is 2.06 bits per heavy atom. The topological polar surface area (TPSA) is 61.8 Å². The van der Waals surface area contributed by atoms with Crippen LogP contribution in [0.25, 0.3) is 0 Å². The lowest BCUT2D eigenvalue weighted by Crippen LogP contribution is -2.26. The summed E-state index contributed by atoms with van der Waals surface area (Å²) in [5.74, 6) is 0.385. The van der Waals surface area contributed by atoms with Crippen molar-refractivity contribution in [3.8, 4) is 11.5 Å². The first-order valence-electron chi connectivity index (χ1n) is 11.3. The van der Waals surface area contributed by atoms with Crippen LogP contribution in [0.5, 0.6) is 11.5 Å². The normalized spacial score (nSPS) is 10.6. The van der Waals surface area contributed by atoms with Crippen LogP contribution in [0.4, 0.5) is 17.1 Å². The first kappa shape index (κ1) is 23.2. The molecule has 0 aliphatic rings. The molecule has 5 heteroatoms. The number of nitrogens with zero attached hydrogens (tertiary/aromatic N) is 1. The molecule has 0 saturated heterocycles. The maximum atomic E-state index is 12.0. The summed E-state index contributed by atoms with van der Waals surface area (Å²) in [6.45, 7) is 6.01. The van der Waals surface area contributed by atoms with Crippen molar-refractivity contribution in [1.82, 2.24) is 0 Å². The van der Waals surface area contributed by atoms with Crippen LogP contribution in [0.3, 0.4) is 0 Å². The first-order valence-corrected chi connectivity index (χ1v) is 11.3. The molecule has 3 aromatic rings. The van der Waals surface area contributed by atoms with Gasteiger partial charge in [0.2, 0.25) is 0 Å². The molecule has 0 aliphatic heterocycles. The van der Waals surface area contributed by atoms with E-state index >= 15 is 0 Å². The number of carbonyl (C=O) groups is 1. The van der Waals surface area contributed by atoms with Gasteiger partial charge < -0.3 is 20.1 Å². The fraction of sp³-hybridized carbons (Fsp3) is 0.296. The van der Waals surface area contributed by atoms with Gasteiger partial charge in [0.05, 0.1) is 16.9 Å². The Morgan fingerprint density at radius 1 is 0.906 bits per heavy atom. The molecule has 3 aromatic carbocycles. The van der Waals surface area contributed by atoms with E-state index in [1.807, 2.05) is 60.7 Å². The molecule has 3 rings (SSSR count). The van der Waals surface area contributed by atoms with E-state index in [0.717, 1.165) is 50.1 Å². The quantitative estimate of drug-likeness (QED) is 0.314. The molecule has 0 spiro atoms. The van der Waals surface area contributed by atoms with Gasteiger partial charge in [-0.05, 0) is 49.2 Å². The lowest BCUT2D eigenvalue weighted by atomic mass is 10.1. The summed E-state index contributed by atoms with van der Waals surface area (Å²) in [6, 6.07) is 22.7. The summed E-state index contributed by atoms with van der Waals surface area (Å²) in [5, 5.41) is 13.2. The first-order chi connectivity index (χ1) is 15.6. The molecule has 0 amide bonds. The van der Waals surface area contributed by atoms with E-state index in [0.29, 0.717) is 17.2 Å². The highest BCUT2D eigenvalue weighted by Gasteiger charge is 2.21. The zero-order valence-electron chi connectivity index (χ0n) is 18.9. The van der Waals surface area contributed by atoms with Crippen molar-refractivity contribution in [2.75, 3.05) is 23.3 Å². The Labute approximate surface area is 190 Å². The largest absolute Gasteiger partial charge is 0.478 e. The fourth-order valence-corrected chi connectivity index (χ4v) is 3.51. The van der Waals surface area contributed by atoms with Crippen LogP contribution in [0.1, 0.15) is 49.9 Å². The number of para-hydroxylation sites is 2. The molecule has 0 radical (unpaired) electrons. The van der Waals surface area contributed by atoms with Crippen LogP contribution in [-0.4, -0.2) is 24.2 Å². The maximum absolute atomic E-state index is 12.0. The van der Waals surface area contributed by atoms with Crippen molar-refractivity contribution >= 4 is 23.0 Å². The fourth-order valence-electron chi connectivity index (χ4n) is 3.51. The van der Waals surface area contributed by atoms with Crippen LogP contribution in [0.2, 0.25) is 0 Å². The van der Waals surface area contributed by atoms with E-state index in [2.05, 4.69) is 24.1 Å². The molecule has 32 heavy (non-hydrogen) atoms. The summed E-state index contributed by atoms with van der Waals surface area (Å²) in [4.78, 5) is 14.2. The van der Waals surface area contributed by atoms with Crippen LogP contribution in [0.15, 0.2) is 72.8 Å². The van der Waals surface area contributed by atoms with Crippen LogP contribution in [-0.2, 0) is 0 Å². The summed E-state index contributed by atoms with van der Waals surface area (Å²) in [7, 11) is 0. The predicted octanol–water partition coefficient (Wildman–Crippen LogP) is 7.33. The zero-order chi connectivity index (χ0) is 22.8. The maximum Gasteiger partial charge on any atom is 0.335 e. The molecule has 168 valence electrons. The molecule has 0 atom stereocenters. The van der Waals surface area contributed by atoms with Gasteiger partial charge in [-0.15, -0.1) is 0 Å². The number of hydrogen-bond acceptors (Lipinski definition) is 4. The van der Waals surface area contributed by atoms with E-state index in [-0.39, 0.29) is 5.56 Å². The Bertz CT molecular complexity index is 983. The Balaban J connectivity index is 2.14. The highest BCUT2D eigenvalue weighted by molar-refractivity contribution is 5.93. The lowest BCUT2D eigenvalue weighted by molar-refractivity contribution is 0.0697. The van der Waals surface area contributed by atoms with Gasteiger partial charge >= 0.3 is 5.97 Å². The third-order valence-electron chi connectivity index (χ3n) is 5.24. The van der Waals surface area contributed by atoms with E-state index in [9.17, 15) is 9.90 Å². The summed E-state index contributed by atoms with van der Waals surface area (Å²) in [5.41, 5.74) is 2.53. The summed E-state index contributed by atoms with van der Waals surface area (Å²) < 4.78 is 6.39. The van der Waals surface area contributed by atoms with Gasteiger partial charge in [0.1, 0.15) is 5.75 Å². The highest BCUT2D eigenvalue weighted by atomic mass is 16.5.